The van der Waals surface area contributed by atoms with Crippen LogP contribution in [0.25, 0.3) is 0 Å². The minimum Gasteiger partial charge on any atom is -0.271 e. The summed E-state index contributed by atoms with van der Waals surface area (Å²) >= 11 is 5.56. The summed E-state index contributed by atoms with van der Waals surface area (Å²) in [7, 11) is 0. The van der Waals surface area contributed by atoms with E-state index in [2.05, 4.69) is 54.1 Å². The summed E-state index contributed by atoms with van der Waals surface area (Å²) in [6, 6.07) is 0.252. The molecule has 0 radical (unpaired) electrons. The van der Waals surface area contributed by atoms with Gasteiger partial charge in [-0.15, -0.1) is 0 Å². The van der Waals surface area contributed by atoms with Gasteiger partial charge in [0.2, 0.25) is 0 Å². The Morgan fingerprint density at radius 1 is 1.47 bits per heavy atom. The van der Waals surface area contributed by atoms with Crippen LogP contribution in [0.15, 0.2) is 4.47 Å². The first kappa shape index (κ1) is 17.0. The molecule has 0 aliphatic heterocycles. The van der Waals surface area contributed by atoms with Crippen molar-refractivity contribution in [3.05, 3.63) is 15.9 Å². The quantitative estimate of drug-likeness (QED) is 0.613. The summed E-state index contributed by atoms with van der Waals surface area (Å²) in [4.78, 5) is 0. The fourth-order valence-electron chi connectivity index (χ4n) is 1.81. The van der Waals surface area contributed by atoms with Gasteiger partial charge in [-0.2, -0.15) is 16.9 Å². The molecule has 0 aliphatic rings. The van der Waals surface area contributed by atoms with Crippen LogP contribution in [0, 0.1) is 6.92 Å². The lowest BCUT2D eigenvalue weighted by atomic mass is 10.2. The largest absolute Gasteiger partial charge is 0.271 e. The van der Waals surface area contributed by atoms with Crippen molar-refractivity contribution in [3.63, 3.8) is 0 Å². The summed E-state index contributed by atoms with van der Waals surface area (Å²) in [5, 5.41) is 4.52. The third-order valence-corrected chi connectivity index (χ3v) is 5.31. The molecule has 1 rings (SSSR count). The highest BCUT2D eigenvalue weighted by Crippen LogP contribution is 2.26. The third-order valence-electron chi connectivity index (χ3n) is 2.85. The van der Waals surface area contributed by atoms with Gasteiger partial charge in [-0.25, -0.2) is 0 Å². The van der Waals surface area contributed by atoms with Crippen LogP contribution in [0.4, 0.5) is 0 Å². The minimum atomic E-state index is 0.252. The smallest absolute Gasteiger partial charge is 0.0738 e. The van der Waals surface area contributed by atoms with Gasteiger partial charge in [0, 0.05) is 29.5 Å². The molecule has 1 atom stereocenters. The average molecular weight is 349 g/mol. The molecule has 0 bridgehead atoms. The standard InChI is InChI=1S/C13H25BrN4S/c1-6-18-11(12(14)9(2)17-18)7-10(16-15)8-19-13(3,4)5/h10,16H,6-8,15H2,1-5H3. The summed E-state index contributed by atoms with van der Waals surface area (Å²) in [5.41, 5.74) is 5.19. The lowest BCUT2D eigenvalue weighted by Crippen LogP contribution is -2.40. The number of nitrogens with one attached hydrogen (secondary N) is 1. The summed E-state index contributed by atoms with van der Waals surface area (Å²) in [6.45, 7) is 11.7. The van der Waals surface area contributed by atoms with Gasteiger partial charge in [0.25, 0.3) is 0 Å². The van der Waals surface area contributed by atoms with E-state index in [-0.39, 0.29) is 10.8 Å². The summed E-state index contributed by atoms with van der Waals surface area (Å²) in [6.07, 6.45) is 0.884. The lowest BCUT2D eigenvalue weighted by molar-refractivity contribution is 0.532. The van der Waals surface area contributed by atoms with Crippen LogP contribution in [0.1, 0.15) is 39.1 Å². The van der Waals surface area contributed by atoms with E-state index in [0.29, 0.717) is 0 Å². The molecule has 3 N–H and O–H groups in total. The van der Waals surface area contributed by atoms with E-state index >= 15 is 0 Å². The Morgan fingerprint density at radius 2 is 2.11 bits per heavy atom. The average Bonchev–Trinajstić information content (AvgIpc) is 2.60. The van der Waals surface area contributed by atoms with Gasteiger partial charge in [-0.05, 0) is 29.8 Å². The van der Waals surface area contributed by atoms with Gasteiger partial charge in [0.1, 0.15) is 0 Å². The van der Waals surface area contributed by atoms with Crippen molar-refractivity contribution in [2.75, 3.05) is 5.75 Å². The van der Waals surface area contributed by atoms with Crippen LogP contribution in [0.3, 0.4) is 0 Å². The van der Waals surface area contributed by atoms with Crippen LogP contribution in [0.2, 0.25) is 0 Å². The second kappa shape index (κ2) is 7.11. The number of nitrogens with zero attached hydrogens (tertiary/aromatic N) is 2. The van der Waals surface area contributed by atoms with E-state index < -0.39 is 0 Å². The third kappa shape index (κ3) is 5.10. The molecule has 1 unspecified atom stereocenters. The molecule has 19 heavy (non-hydrogen) atoms. The first-order valence-corrected chi connectivity index (χ1v) is 8.38. The van der Waals surface area contributed by atoms with Crippen LogP contribution in [-0.2, 0) is 13.0 Å². The topological polar surface area (TPSA) is 55.9 Å². The molecule has 1 heterocycles. The fourth-order valence-corrected chi connectivity index (χ4v) is 3.18. The van der Waals surface area contributed by atoms with E-state index in [4.69, 9.17) is 5.84 Å². The number of aromatic nitrogens is 2. The number of nitrogens with two attached hydrogens (primary N) is 1. The van der Waals surface area contributed by atoms with Gasteiger partial charge >= 0.3 is 0 Å². The zero-order valence-electron chi connectivity index (χ0n) is 12.5. The molecule has 6 heteroatoms. The second-order valence-corrected chi connectivity index (χ2v) is 8.29. The van der Waals surface area contributed by atoms with Crippen molar-refractivity contribution >= 4 is 27.7 Å². The normalized spacial score (nSPS) is 13.8. The highest BCUT2D eigenvalue weighted by Gasteiger charge is 2.19. The van der Waals surface area contributed by atoms with Gasteiger partial charge in [0.05, 0.1) is 15.9 Å². The van der Waals surface area contributed by atoms with E-state index in [1.165, 1.54) is 5.69 Å². The Hall–Kier alpha value is -0.0400. The molecule has 0 saturated heterocycles. The Labute approximate surface area is 129 Å². The number of rotatable bonds is 6. The number of aryl methyl sites for hydroxylation is 2. The van der Waals surface area contributed by atoms with E-state index in [0.717, 1.165) is 28.9 Å². The van der Waals surface area contributed by atoms with Gasteiger partial charge < -0.3 is 0 Å². The summed E-state index contributed by atoms with van der Waals surface area (Å²) < 4.78 is 3.41. The molecule has 0 amide bonds. The van der Waals surface area contributed by atoms with Gasteiger partial charge in [-0.3, -0.25) is 16.0 Å². The van der Waals surface area contributed by atoms with Crippen LogP contribution >= 0.6 is 27.7 Å². The number of thioether (sulfide) groups is 1. The number of hydrazine groups is 1. The van der Waals surface area contributed by atoms with Crippen LogP contribution < -0.4 is 11.3 Å². The second-order valence-electron chi connectivity index (χ2n) is 5.65. The Balaban J connectivity index is 2.75. The molecule has 0 fully saturated rings. The Morgan fingerprint density at radius 3 is 2.58 bits per heavy atom. The highest BCUT2D eigenvalue weighted by molar-refractivity contribution is 9.10. The number of hydrogen-bond acceptors (Lipinski definition) is 4. The predicted molar refractivity (Wildman–Crippen MR) is 87.4 cm³/mol. The van der Waals surface area contributed by atoms with Gasteiger partial charge in [0.15, 0.2) is 0 Å². The maximum Gasteiger partial charge on any atom is 0.0738 e. The molecule has 1 aromatic heterocycles. The van der Waals surface area contributed by atoms with Crippen molar-refractivity contribution in [1.29, 1.82) is 0 Å². The molecular weight excluding hydrogens is 324 g/mol. The van der Waals surface area contributed by atoms with Crippen molar-refractivity contribution in [3.8, 4) is 0 Å². The molecule has 0 aromatic carbocycles. The first-order valence-electron chi connectivity index (χ1n) is 6.60. The minimum absolute atomic E-state index is 0.252. The Bertz CT molecular complexity index is 412. The monoisotopic (exact) mass is 348 g/mol. The predicted octanol–water partition coefficient (Wildman–Crippen LogP) is 2.88. The summed E-state index contributed by atoms with van der Waals surface area (Å²) in [5.74, 6) is 6.68. The Kier molecular flexibility index (Phi) is 6.36. The van der Waals surface area contributed by atoms with Crippen molar-refractivity contribution in [2.45, 2.75) is 58.4 Å². The zero-order chi connectivity index (χ0) is 14.6. The van der Waals surface area contributed by atoms with Crippen LogP contribution in [-0.4, -0.2) is 26.3 Å². The van der Waals surface area contributed by atoms with Crippen LogP contribution in [0.5, 0.6) is 0 Å². The highest BCUT2D eigenvalue weighted by atomic mass is 79.9. The number of halogens is 1. The maximum atomic E-state index is 5.69. The van der Waals surface area contributed by atoms with Crippen molar-refractivity contribution in [2.24, 2.45) is 5.84 Å². The fraction of sp³-hybridized carbons (Fsp3) is 0.769. The van der Waals surface area contributed by atoms with Crippen molar-refractivity contribution < 1.29 is 0 Å². The molecule has 1 aromatic rings. The lowest BCUT2D eigenvalue weighted by Gasteiger charge is -2.22. The van der Waals surface area contributed by atoms with Crippen molar-refractivity contribution in [1.82, 2.24) is 15.2 Å². The molecular formula is C13H25BrN4S. The van der Waals surface area contributed by atoms with E-state index in [1.54, 1.807) is 0 Å². The first-order chi connectivity index (χ1) is 8.78. The molecule has 0 aliphatic carbocycles. The van der Waals surface area contributed by atoms with Gasteiger partial charge in [-0.1, -0.05) is 20.8 Å². The molecule has 0 saturated carbocycles. The molecule has 4 nitrogen and oxygen atoms in total. The SMILES string of the molecule is CCn1nc(C)c(Br)c1CC(CSC(C)(C)C)NN. The number of hydrogen-bond donors (Lipinski definition) is 2. The zero-order valence-corrected chi connectivity index (χ0v) is 14.9. The maximum absolute atomic E-state index is 5.69. The van der Waals surface area contributed by atoms with E-state index in [1.807, 2.05) is 23.4 Å². The molecule has 0 spiro atoms. The molecule has 110 valence electrons. The van der Waals surface area contributed by atoms with E-state index in [9.17, 15) is 0 Å².